The van der Waals surface area contributed by atoms with Crippen molar-refractivity contribution in [2.75, 3.05) is 12.8 Å². The Morgan fingerprint density at radius 1 is 1.47 bits per heavy atom. The number of aryl methyl sites for hydroxylation is 1. The number of hydrogen-bond donors (Lipinski definition) is 1. The summed E-state index contributed by atoms with van der Waals surface area (Å²) in [7, 11) is -3.10. The summed E-state index contributed by atoms with van der Waals surface area (Å²) in [5.41, 5.74) is 0. The molecule has 1 atom stereocenters. The fourth-order valence-electron chi connectivity index (χ4n) is 1.48. The van der Waals surface area contributed by atoms with E-state index in [-0.39, 0.29) is 11.6 Å². The monoisotopic (exact) mass is 261 g/mol. The molecule has 1 N–H and O–H groups in total. The summed E-state index contributed by atoms with van der Waals surface area (Å²) in [5.74, 6) is 0.561. The van der Waals surface area contributed by atoms with E-state index < -0.39 is 9.84 Å². The van der Waals surface area contributed by atoms with Gasteiger partial charge in [-0.2, -0.15) is 4.98 Å². The zero-order chi connectivity index (χ0) is 12.9. The van der Waals surface area contributed by atoms with Gasteiger partial charge in [-0.3, -0.25) is 0 Å². The van der Waals surface area contributed by atoms with Crippen LogP contribution in [0.4, 0.5) is 0 Å². The third-order valence-electron chi connectivity index (χ3n) is 2.25. The Bertz CT molecular complexity index is 441. The van der Waals surface area contributed by atoms with Gasteiger partial charge in [-0.15, -0.1) is 0 Å². The summed E-state index contributed by atoms with van der Waals surface area (Å²) in [6.07, 6.45) is 2.69. The van der Waals surface area contributed by atoms with E-state index in [0.29, 0.717) is 18.4 Å². The Balaban J connectivity index is 2.46. The quantitative estimate of drug-likeness (QED) is 0.771. The van der Waals surface area contributed by atoms with Crippen molar-refractivity contribution in [3.05, 3.63) is 11.7 Å². The van der Waals surface area contributed by atoms with Crippen molar-refractivity contribution in [2.24, 2.45) is 0 Å². The average Bonchev–Trinajstić information content (AvgIpc) is 2.60. The van der Waals surface area contributed by atoms with Crippen LogP contribution in [0, 0.1) is 0 Å². The number of hydrogen-bond acceptors (Lipinski definition) is 6. The molecule has 7 heteroatoms. The van der Waals surface area contributed by atoms with E-state index in [9.17, 15) is 8.42 Å². The van der Waals surface area contributed by atoms with Crippen LogP contribution in [0.5, 0.6) is 0 Å². The van der Waals surface area contributed by atoms with E-state index in [0.717, 1.165) is 19.2 Å². The molecule has 0 saturated carbocycles. The van der Waals surface area contributed by atoms with E-state index in [1.54, 1.807) is 0 Å². The van der Waals surface area contributed by atoms with Crippen LogP contribution >= 0.6 is 0 Å². The summed E-state index contributed by atoms with van der Waals surface area (Å²) in [6.45, 7) is 5.05. The highest BCUT2D eigenvalue weighted by Crippen LogP contribution is 2.05. The molecule has 0 fully saturated rings. The van der Waals surface area contributed by atoms with Crippen LogP contribution in [0.25, 0.3) is 0 Å². The molecule has 0 spiro atoms. The predicted molar refractivity (Wildman–Crippen MR) is 64.3 cm³/mol. The lowest BCUT2D eigenvalue weighted by Crippen LogP contribution is -2.25. The van der Waals surface area contributed by atoms with Crippen molar-refractivity contribution < 1.29 is 12.9 Å². The van der Waals surface area contributed by atoms with Gasteiger partial charge >= 0.3 is 0 Å². The third kappa shape index (κ3) is 5.78. The average molecular weight is 261 g/mol. The molecule has 0 amide bonds. The Morgan fingerprint density at radius 3 is 2.76 bits per heavy atom. The van der Waals surface area contributed by atoms with Crippen LogP contribution in [0.2, 0.25) is 0 Å². The van der Waals surface area contributed by atoms with Gasteiger partial charge in [0.2, 0.25) is 5.89 Å². The highest BCUT2D eigenvalue weighted by Gasteiger charge is 2.12. The van der Waals surface area contributed by atoms with Gasteiger partial charge in [0.15, 0.2) is 15.7 Å². The van der Waals surface area contributed by atoms with E-state index in [4.69, 9.17) is 4.52 Å². The first-order valence-corrected chi connectivity index (χ1v) is 7.69. The van der Waals surface area contributed by atoms with E-state index in [2.05, 4.69) is 22.4 Å². The van der Waals surface area contributed by atoms with Crippen LogP contribution in [0.3, 0.4) is 0 Å². The van der Waals surface area contributed by atoms with Gasteiger partial charge in [0.1, 0.15) is 5.75 Å². The van der Waals surface area contributed by atoms with Crippen molar-refractivity contribution >= 4 is 9.84 Å². The van der Waals surface area contributed by atoms with Gasteiger partial charge in [-0.1, -0.05) is 12.1 Å². The maximum absolute atomic E-state index is 11.0. The summed E-state index contributed by atoms with van der Waals surface area (Å²) in [6, 6.07) is 0.380. The summed E-state index contributed by atoms with van der Waals surface area (Å²) >= 11 is 0. The van der Waals surface area contributed by atoms with Gasteiger partial charge in [0, 0.05) is 18.7 Å². The lowest BCUT2D eigenvalue weighted by atomic mass is 10.2. The normalized spacial score (nSPS) is 13.8. The fraction of sp³-hybridized carbons (Fsp3) is 0.800. The number of rotatable bonds is 7. The Morgan fingerprint density at radius 2 is 2.18 bits per heavy atom. The predicted octanol–water partition coefficient (Wildman–Crippen LogP) is 0.545. The molecular formula is C10H19N3O3S. The number of nitrogens with zero attached hydrogens (tertiary/aromatic N) is 2. The second kappa shape index (κ2) is 6.11. The number of nitrogens with one attached hydrogen (secondary N) is 1. The zero-order valence-electron chi connectivity index (χ0n) is 10.4. The van der Waals surface area contributed by atoms with Crippen LogP contribution in [-0.4, -0.2) is 37.4 Å². The first-order valence-electron chi connectivity index (χ1n) is 5.63. The van der Waals surface area contributed by atoms with Crippen molar-refractivity contribution in [2.45, 2.75) is 38.5 Å². The maximum Gasteiger partial charge on any atom is 0.226 e. The van der Waals surface area contributed by atoms with Gasteiger partial charge in [-0.05, 0) is 19.9 Å². The van der Waals surface area contributed by atoms with E-state index in [1.165, 1.54) is 0 Å². The molecule has 0 aromatic carbocycles. The number of sulfone groups is 1. The third-order valence-corrected chi connectivity index (χ3v) is 3.03. The zero-order valence-corrected chi connectivity index (χ0v) is 11.2. The highest BCUT2D eigenvalue weighted by atomic mass is 32.2. The van der Waals surface area contributed by atoms with Crippen molar-refractivity contribution in [1.29, 1.82) is 0 Å². The summed E-state index contributed by atoms with van der Waals surface area (Å²) in [4.78, 5) is 4.04. The molecule has 1 aromatic rings. The molecule has 17 heavy (non-hydrogen) atoms. The van der Waals surface area contributed by atoms with Crippen molar-refractivity contribution in [3.63, 3.8) is 0 Å². The van der Waals surface area contributed by atoms with Crippen LogP contribution in [-0.2, 0) is 22.0 Å². The maximum atomic E-state index is 11.0. The molecule has 6 nitrogen and oxygen atoms in total. The summed E-state index contributed by atoms with van der Waals surface area (Å²) in [5, 5.41) is 6.91. The van der Waals surface area contributed by atoms with Crippen molar-refractivity contribution in [1.82, 2.24) is 15.5 Å². The first kappa shape index (κ1) is 14.1. The van der Waals surface area contributed by atoms with Crippen molar-refractivity contribution in [3.8, 4) is 0 Å². The molecule has 1 heterocycles. The van der Waals surface area contributed by atoms with Crippen LogP contribution in [0.1, 0.15) is 32.0 Å². The fourth-order valence-corrected chi connectivity index (χ4v) is 2.06. The van der Waals surface area contributed by atoms with Gasteiger partial charge in [-0.25, -0.2) is 8.42 Å². The van der Waals surface area contributed by atoms with E-state index >= 15 is 0 Å². The minimum absolute atomic E-state index is 0.167. The van der Waals surface area contributed by atoms with Crippen LogP contribution in [0.15, 0.2) is 4.52 Å². The summed E-state index contributed by atoms with van der Waals surface area (Å²) < 4.78 is 27.0. The standard InChI is InChI=1S/C10H19N3O3S/c1-4-11-8(2)5-6-10-12-9(13-16-10)7-17(3,14)15/h8,11H,4-7H2,1-3H3. The molecule has 1 unspecified atom stereocenters. The van der Waals surface area contributed by atoms with E-state index in [1.807, 2.05) is 6.92 Å². The number of aromatic nitrogens is 2. The van der Waals surface area contributed by atoms with Crippen LogP contribution < -0.4 is 5.32 Å². The SMILES string of the molecule is CCNC(C)CCc1nc(CS(C)(=O)=O)no1. The molecule has 0 aliphatic carbocycles. The Kier molecular flexibility index (Phi) is 5.07. The second-order valence-corrected chi connectivity index (χ2v) is 6.31. The molecule has 98 valence electrons. The lowest BCUT2D eigenvalue weighted by Gasteiger charge is -2.09. The Labute approximate surface area is 102 Å². The second-order valence-electron chi connectivity index (χ2n) is 4.17. The molecule has 0 radical (unpaired) electrons. The molecule has 1 aromatic heterocycles. The highest BCUT2D eigenvalue weighted by molar-refractivity contribution is 7.89. The first-order chi connectivity index (χ1) is 7.90. The Hall–Kier alpha value is -0.950. The topological polar surface area (TPSA) is 85.1 Å². The molecule has 0 aliphatic rings. The molecule has 0 bridgehead atoms. The van der Waals surface area contributed by atoms with Gasteiger partial charge < -0.3 is 9.84 Å². The largest absolute Gasteiger partial charge is 0.339 e. The molecular weight excluding hydrogens is 242 g/mol. The molecule has 0 saturated heterocycles. The van der Waals surface area contributed by atoms with Gasteiger partial charge in [0.05, 0.1) is 0 Å². The smallest absolute Gasteiger partial charge is 0.226 e. The van der Waals surface area contributed by atoms with Gasteiger partial charge in [0.25, 0.3) is 0 Å². The molecule has 0 aliphatic heterocycles. The molecule has 1 rings (SSSR count). The minimum atomic E-state index is -3.10. The minimum Gasteiger partial charge on any atom is -0.339 e. The lowest BCUT2D eigenvalue weighted by molar-refractivity contribution is 0.364.